The summed E-state index contributed by atoms with van der Waals surface area (Å²) < 4.78 is 0. The van der Waals surface area contributed by atoms with Gasteiger partial charge in [0.05, 0.1) is 10.0 Å². The third-order valence-corrected chi connectivity index (χ3v) is 6.36. The van der Waals surface area contributed by atoms with E-state index in [0.717, 1.165) is 50.4 Å². The van der Waals surface area contributed by atoms with Crippen LogP contribution in [0, 0.1) is 11.8 Å². The van der Waals surface area contributed by atoms with Gasteiger partial charge in [0.15, 0.2) is 0 Å². The summed E-state index contributed by atoms with van der Waals surface area (Å²) in [5, 5.41) is 1.15. The normalized spacial score (nSPS) is 24.0. The van der Waals surface area contributed by atoms with Crippen molar-refractivity contribution < 1.29 is 4.79 Å². The molecule has 0 spiro atoms. The van der Waals surface area contributed by atoms with E-state index in [4.69, 9.17) is 23.2 Å². The quantitative estimate of drug-likeness (QED) is 0.712. The lowest BCUT2D eigenvalue weighted by atomic mass is 9.92. The molecule has 3 nitrogen and oxygen atoms in total. The van der Waals surface area contributed by atoms with Gasteiger partial charge in [-0.2, -0.15) is 0 Å². The fourth-order valence-corrected chi connectivity index (χ4v) is 4.26. The zero-order valence-electron chi connectivity index (χ0n) is 15.2. The Morgan fingerprint density at radius 3 is 2.56 bits per heavy atom. The number of hydrogen-bond donors (Lipinski definition) is 0. The minimum atomic E-state index is 0.141. The lowest BCUT2D eigenvalue weighted by Crippen LogP contribution is -2.39. The molecule has 1 aromatic rings. The molecular formula is C20H28Cl2N2O. The average molecular weight is 383 g/mol. The summed E-state index contributed by atoms with van der Waals surface area (Å²) in [6.07, 6.45) is 5.80. The molecule has 138 valence electrons. The van der Waals surface area contributed by atoms with E-state index >= 15 is 0 Å². The van der Waals surface area contributed by atoms with Gasteiger partial charge in [-0.05, 0) is 82.3 Å². The van der Waals surface area contributed by atoms with Crippen molar-refractivity contribution in [1.29, 1.82) is 0 Å². The second kappa shape index (κ2) is 8.28. The lowest BCUT2D eigenvalue weighted by molar-refractivity contribution is -0.134. The van der Waals surface area contributed by atoms with E-state index in [1.807, 2.05) is 18.2 Å². The maximum Gasteiger partial charge on any atom is 0.226 e. The molecule has 2 unspecified atom stereocenters. The number of carbonyl (C=O) groups excluding carboxylic acids is 1. The molecule has 3 rings (SSSR count). The molecule has 2 fully saturated rings. The zero-order valence-corrected chi connectivity index (χ0v) is 16.7. The largest absolute Gasteiger partial charge is 0.342 e. The second-order valence-corrected chi connectivity index (χ2v) is 8.65. The Morgan fingerprint density at radius 2 is 1.92 bits per heavy atom. The predicted octanol–water partition coefficient (Wildman–Crippen LogP) is 4.68. The zero-order chi connectivity index (χ0) is 18.0. The molecule has 1 heterocycles. The standard InChI is InChI=1S/C20H28Cl2N2O/c1-23(2)9-3-4-14-7-10-24(11-8-14)20(25)17-13-16(17)15-5-6-18(21)19(22)12-15/h5-6,12,14,16-17H,3-4,7-11,13H2,1-2H3. The van der Waals surface area contributed by atoms with Gasteiger partial charge in [0.1, 0.15) is 0 Å². The molecule has 5 heteroatoms. The summed E-state index contributed by atoms with van der Waals surface area (Å²) in [6.45, 7) is 3.01. The molecule has 1 aliphatic heterocycles. The minimum Gasteiger partial charge on any atom is -0.342 e. The van der Waals surface area contributed by atoms with Crippen molar-refractivity contribution in [2.75, 3.05) is 33.7 Å². The van der Waals surface area contributed by atoms with E-state index in [0.29, 0.717) is 21.9 Å². The highest BCUT2D eigenvalue weighted by Crippen LogP contribution is 2.49. The first-order chi connectivity index (χ1) is 12.0. The molecule has 1 saturated heterocycles. The molecule has 0 aromatic heterocycles. The third-order valence-electron chi connectivity index (χ3n) is 5.62. The van der Waals surface area contributed by atoms with Gasteiger partial charge in [0.25, 0.3) is 0 Å². The monoisotopic (exact) mass is 382 g/mol. The van der Waals surface area contributed by atoms with Gasteiger partial charge < -0.3 is 9.80 Å². The van der Waals surface area contributed by atoms with Crippen molar-refractivity contribution >= 4 is 29.1 Å². The molecule has 0 N–H and O–H groups in total. The highest BCUT2D eigenvalue weighted by Gasteiger charge is 2.46. The summed E-state index contributed by atoms with van der Waals surface area (Å²) >= 11 is 12.1. The second-order valence-electron chi connectivity index (χ2n) is 7.84. The van der Waals surface area contributed by atoms with Crippen molar-refractivity contribution in [3.05, 3.63) is 33.8 Å². The average Bonchev–Trinajstić information content (AvgIpc) is 3.38. The van der Waals surface area contributed by atoms with Crippen molar-refractivity contribution in [2.45, 2.75) is 38.0 Å². The molecule has 0 bridgehead atoms. The van der Waals surface area contributed by atoms with Crippen LogP contribution < -0.4 is 0 Å². The Kier molecular flexibility index (Phi) is 6.30. The van der Waals surface area contributed by atoms with Gasteiger partial charge in [-0.25, -0.2) is 0 Å². The van der Waals surface area contributed by atoms with Crippen LogP contribution in [0.3, 0.4) is 0 Å². The molecule has 2 atom stereocenters. The summed E-state index contributed by atoms with van der Waals surface area (Å²) in [6, 6.07) is 5.75. The van der Waals surface area contributed by atoms with Crippen molar-refractivity contribution in [3.8, 4) is 0 Å². The van der Waals surface area contributed by atoms with Crippen LogP contribution in [-0.4, -0.2) is 49.4 Å². The number of benzene rings is 1. The van der Waals surface area contributed by atoms with Gasteiger partial charge >= 0.3 is 0 Å². The molecule has 1 aromatic carbocycles. The molecule has 1 aliphatic carbocycles. The summed E-state index contributed by atoms with van der Waals surface area (Å²) in [5.41, 5.74) is 1.14. The Balaban J connectivity index is 1.45. The van der Waals surface area contributed by atoms with E-state index < -0.39 is 0 Å². The smallest absolute Gasteiger partial charge is 0.226 e. The fourth-order valence-electron chi connectivity index (χ4n) is 3.95. The van der Waals surface area contributed by atoms with Crippen LogP contribution >= 0.6 is 23.2 Å². The molecular weight excluding hydrogens is 355 g/mol. The van der Waals surface area contributed by atoms with Crippen LogP contribution in [0.2, 0.25) is 10.0 Å². The van der Waals surface area contributed by atoms with E-state index in [-0.39, 0.29) is 5.92 Å². The third kappa shape index (κ3) is 4.90. The summed E-state index contributed by atoms with van der Waals surface area (Å²) in [7, 11) is 4.25. The lowest BCUT2D eigenvalue weighted by Gasteiger charge is -2.32. The Bertz CT molecular complexity index is 612. The van der Waals surface area contributed by atoms with Crippen LogP contribution in [0.1, 0.15) is 43.6 Å². The van der Waals surface area contributed by atoms with E-state index in [2.05, 4.69) is 23.9 Å². The Morgan fingerprint density at radius 1 is 1.20 bits per heavy atom. The highest BCUT2D eigenvalue weighted by molar-refractivity contribution is 6.42. The van der Waals surface area contributed by atoms with Crippen molar-refractivity contribution in [1.82, 2.24) is 9.80 Å². The maximum absolute atomic E-state index is 12.8. The van der Waals surface area contributed by atoms with Crippen molar-refractivity contribution in [3.63, 3.8) is 0 Å². The van der Waals surface area contributed by atoms with Crippen LogP contribution in [0.4, 0.5) is 0 Å². The van der Waals surface area contributed by atoms with Gasteiger partial charge in [-0.1, -0.05) is 29.3 Å². The number of piperidine rings is 1. The van der Waals surface area contributed by atoms with Crippen LogP contribution in [0.5, 0.6) is 0 Å². The first-order valence-electron chi connectivity index (χ1n) is 9.34. The van der Waals surface area contributed by atoms with Gasteiger partial charge in [-0.15, -0.1) is 0 Å². The van der Waals surface area contributed by atoms with E-state index in [1.165, 1.54) is 12.8 Å². The van der Waals surface area contributed by atoms with Crippen LogP contribution in [-0.2, 0) is 4.79 Å². The number of rotatable bonds is 6. The Hall–Kier alpha value is -0.770. The van der Waals surface area contributed by atoms with Crippen molar-refractivity contribution in [2.24, 2.45) is 11.8 Å². The number of amides is 1. The summed E-state index contributed by atoms with van der Waals surface area (Å²) in [4.78, 5) is 17.1. The fraction of sp³-hybridized carbons (Fsp3) is 0.650. The molecule has 25 heavy (non-hydrogen) atoms. The number of hydrogen-bond acceptors (Lipinski definition) is 2. The van der Waals surface area contributed by atoms with Crippen LogP contribution in [0.15, 0.2) is 18.2 Å². The van der Waals surface area contributed by atoms with E-state index in [1.54, 1.807) is 0 Å². The SMILES string of the molecule is CN(C)CCCC1CCN(C(=O)C2CC2c2ccc(Cl)c(Cl)c2)CC1. The number of halogens is 2. The van der Waals surface area contributed by atoms with E-state index in [9.17, 15) is 4.79 Å². The van der Waals surface area contributed by atoms with Crippen LogP contribution in [0.25, 0.3) is 0 Å². The molecule has 0 radical (unpaired) electrons. The highest BCUT2D eigenvalue weighted by atomic mass is 35.5. The van der Waals surface area contributed by atoms with Gasteiger partial charge in [0.2, 0.25) is 5.91 Å². The number of carbonyl (C=O) groups is 1. The predicted molar refractivity (Wildman–Crippen MR) is 104 cm³/mol. The first kappa shape index (κ1) is 19.0. The number of nitrogens with zero attached hydrogens (tertiary/aromatic N) is 2. The maximum atomic E-state index is 12.8. The molecule has 1 saturated carbocycles. The van der Waals surface area contributed by atoms with Gasteiger partial charge in [-0.3, -0.25) is 4.79 Å². The molecule has 1 amide bonds. The minimum absolute atomic E-state index is 0.141. The molecule has 2 aliphatic rings. The summed E-state index contributed by atoms with van der Waals surface area (Å²) in [5.74, 6) is 1.58. The van der Waals surface area contributed by atoms with Gasteiger partial charge in [0, 0.05) is 19.0 Å². The Labute approximate surface area is 161 Å². The first-order valence-corrected chi connectivity index (χ1v) is 10.1. The topological polar surface area (TPSA) is 23.6 Å². The number of likely N-dealkylation sites (tertiary alicyclic amines) is 1.